The van der Waals surface area contributed by atoms with Gasteiger partial charge in [0.25, 0.3) is 0 Å². The summed E-state index contributed by atoms with van der Waals surface area (Å²) in [5.41, 5.74) is -0.424. The number of nitro groups is 1. The van der Waals surface area contributed by atoms with Crippen molar-refractivity contribution in [1.29, 1.82) is 0 Å². The van der Waals surface area contributed by atoms with Crippen LogP contribution in [0.1, 0.15) is 29.6 Å². The van der Waals surface area contributed by atoms with Crippen molar-refractivity contribution in [3.8, 4) is 11.5 Å². The monoisotopic (exact) mass is 306 g/mol. The second-order valence-electron chi connectivity index (χ2n) is 5.97. The van der Waals surface area contributed by atoms with Crippen molar-refractivity contribution >= 4 is 11.5 Å². The zero-order valence-corrected chi connectivity index (χ0v) is 12.6. The second kappa shape index (κ2) is 5.24. The molecule has 1 spiro atoms. The molecule has 7 heteroatoms. The number of nitro benzene ring substituents is 1. The topological polar surface area (TPSA) is 81.9 Å². The Labute approximate surface area is 128 Å². The molecule has 0 aromatic heterocycles. The number of carbonyl (C=O) groups is 1. The summed E-state index contributed by atoms with van der Waals surface area (Å²) >= 11 is 0. The van der Waals surface area contributed by atoms with E-state index in [4.69, 9.17) is 9.47 Å². The molecule has 0 aliphatic carbocycles. The van der Waals surface area contributed by atoms with Gasteiger partial charge in [0.2, 0.25) is 5.75 Å². The number of ether oxygens (including phenoxy) is 2. The lowest BCUT2D eigenvalue weighted by Crippen LogP contribution is -2.50. The van der Waals surface area contributed by atoms with Gasteiger partial charge in [-0.1, -0.05) is 0 Å². The first kappa shape index (κ1) is 14.8. The summed E-state index contributed by atoms with van der Waals surface area (Å²) in [6.45, 7) is 1.74. The number of hydrogen-bond donors (Lipinski definition) is 0. The fourth-order valence-corrected chi connectivity index (χ4v) is 3.12. The van der Waals surface area contributed by atoms with Gasteiger partial charge < -0.3 is 14.4 Å². The van der Waals surface area contributed by atoms with Crippen molar-refractivity contribution < 1.29 is 19.2 Å². The number of benzene rings is 1. The molecule has 0 amide bonds. The molecule has 0 bridgehead atoms. The number of rotatable bonds is 2. The number of likely N-dealkylation sites (tertiary alicyclic amines) is 1. The Balaban J connectivity index is 2.00. The molecule has 22 heavy (non-hydrogen) atoms. The Hall–Kier alpha value is -2.15. The normalized spacial score (nSPS) is 20.4. The molecule has 7 nitrogen and oxygen atoms in total. The van der Waals surface area contributed by atoms with E-state index in [-0.39, 0.29) is 29.2 Å². The summed E-state index contributed by atoms with van der Waals surface area (Å²) in [4.78, 5) is 25.2. The molecule has 118 valence electrons. The molecule has 2 heterocycles. The first-order valence-corrected chi connectivity index (χ1v) is 7.21. The molecule has 0 atom stereocenters. The van der Waals surface area contributed by atoms with Crippen LogP contribution in [0.2, 0.25) is 0 Å². The van der Waals surface area contributed by atoms with Crippen molar-refractivity contribution in [3.05, 3.63) is 27.8 Å². The van der Waals surface area contributed by atoms with Crippen LogP contribution in [0.25, 0.3) is 0 Å². The zero-order valence-electron chi connectivity index (χ0n) is 12.6. The van der Waals surface area contributed by atoms with Gasteiger partial charge in [0, 0.05) is 38.1 Å². The van der Waals surface area contributed by atoms with Gasteiger partial charge in [0.1, 0.15) is 11.4 Å². The Bertz CT molecular complexity index is 635. The Morgan fingerprint density at radius 2 is 2.05 bits per heavy atom. The minimum atomic E-state index is -0.549. The molecular weight excluding hydrogens is 288 g/mol. The van der Waals surface area contributed by atoms with Crippen LogP contribution in [0.15, 0.2) is 12.1 Å². The van der Waals surface area contributed by atoms with E-state index in [1.165, 1.54) is 19.2 Å². The summed E-state index contributed by atoms with van der Waals surface area (Å²) in [6, 6.07) is 2.73. The van der Waals surface area contributed by atoms with E-state index in [1.54, 1.807) is 0 Å². The van der Waals surface area contributed by atoms with Crippen LogP contribution in [0.4, 0.5) is 5.69 Å². The van der Waals surface area contributed by atoms with Gasteiger partial charge in [0.15, 0.2) is 5.78 Å². The highest BCUT2D eigenvalue weighted by Crippen LogP contribution is 2.43. The first-order chi connectivity index (χ1) is 10.4. The van der Waals surface area contributed by atoms with Gasteiger partial charge in [-0.25, -0.2) is 0 Å². The van der Waals surface area contributed by atoms with Gasteiger partial charge >= 0.3 is 5.69 Å². The predicted octanol–water partition coefficient (Wildman–Crippen LogP) is 2.03. The lowest BCUT2D eigenvalue weighted by atomic mass is 9.82. The third-order valence-corrected chi connectivity index (χ3v) is 4.49. The Kier molecular flexibility index (Phi) is 3.52. The fraction of sp³-hybridized carbons (Fsp3) is 0.533. The van der Waals surface area contributed by atoms with E-state index in [0.717, 1.165) is 25.9 Å². The van der Waals surface area contributed by atoms with E-state index in [1.807, 2.05) is 7.05 Å². The summed E-state index contributed by atoms with van der Waals surface area (Å²) in [7, 11) is 3.41. The van der Waals surface area contributed by atoms with Crippen molar-refractivity contribution in [3.63, 3.8) is 0 Å². The number of ketones is 1. The maximum absolute atomic E-state index is 12.5. The van der Waals surface area contributed by atoms with E-state index in [9.17, 15) is 14.9 Å². The number of methoxy groups -OCH3 is 1. The van der Waals surface area contributed by atoms with Gasteiger partial charge in [-0.15, -0.1) is 0 Å². The van der Waals surface area contributed by atoms with Crippen molar-refractivity contribution in [2.24, 2.45) is 0 Å². The summed E-state index contributed by atoms with van der Waals surface area (Å²) in [5.74, 6) is 0.404. The highest BCUT2D eigenvalue weighted by Gasteiger charge is 2.43. The molecule has 0 N–H and O–H groups in total. The van der Waals surface area contributed by atoms with Crippen LogP contribution in [0.3, 0.4) is 0 Å². The lowest BCUT2D eigenvalue weighted by molar-refractivity contribution is -0.385. The molecule has 1 saturated heterocycles. The highest BCUT2D eigenvalue weighted by molar-refractivity contribution is 6.01. The number of fused-ring (bicyclic) bond motifs is 1. The quantitative estimate of drug-likeness (QED) is 0.614. The molecule has 1 fully saturated rings. The molecular formula is C15H18N2O5. The summed E-state index contributed by atoms with van der Waals surface area (Å²) in [5, 5.41) is 11.1. The predicted molar refractivity (Wildman–Crippen MR) is 78.7 cm³/mol. The number of piperidine rings is 1. The number of Topliss-reactive ketones (excluding diaryl/α,β-unsaturated/α-hetero) is 1. The first-order valence-electron chi connectivity index (χ1n) is 7.21. The van der Waals surface area contributed by atoms with Crippen LogP contribution in [-0.2, 0) is 0 Å². The molecule has 2 aliphatic heterocycles. The second-order valence-corrected chi connectivity index (χ2v) is 5.97. The lowest BCUT2D eigenvalue weighted by Gasteiger charge is -2.43. The van der Waals surface area contributed by atoms with Crippen LogP contribution >= 0.6 is 0 Å². The summed E-state index contributed by atoms with van der Waals surface area (Å²) in [6.07, 6.45) is 1.82. The molecule has 0 saturated carbocycles. The molecule has 0 radical (unpaired) electrons. The number of carbonyl (C=O) groups excluding carboxylic acids is 1. The minimum absolute atomic E-state index is 0.100. The summed E-state index contributed by atoms with van der Waals surface area (Å²) < 4.78 is 11.2. The average molecular weight is 306 g/mol. The molecule has 0 unspecified atom stereocenters. The smallest absolute Gasteiger partial charge is 0.311 e. The van der Waals surface area contributed by atoms with Gasteiger partial charge in [-0.3, -0.25) is 14.9 Å². The van der Waals surface area contributed by atoms with Crippen LogP contribution < -0.4 is 9.47 Å². The van der Waals surface area contributed by atoms with E-state index < -0.39 is 10.5 Å². The number of hydrogen-bond acceptors (Lipinski definition) is 6. The number of nitrogens with zero attached hydrogens (tertiary/aromatic N) is 2. The van der Waals surface area contributed by atoms with Crippen LogP contribution in [-0.4, -0.2) is 48.5 Å². The SMILES string of the molecule is COc1cc2c(cc1[N+](=O)[O-])C(=O)CC1(CCN(C)CC1)O2. The van der Waals surface area contributed by atoms with Gasteiger partial charge in [0.05, 0.1) is 24.0 Å². The maximum Gasteiger partial charge on any atom is 0.311 e. The Morgan fingerprint density at radius 1 is 1.36 bits per heavy atom. The standard InChI is InChI=1S/C15H18N2O5/c1-16-5-3-15(4-6-16)9-12(18)10-7-11(17(19)20)14(21-2)8-13(10)22-15/h7-8H,3-6,9H2,1-2H3. The molecule has 1 aromatic rings. The maximum atomic E-state index is 12.5. The fourth-order valence-electron chi connectivity index (χ4n) is 3.12. The van der Waals surface area contributed by atoms with Gasteiger partial charge in [-0.05, 0) is 7.05 Å². The van der Waals surface area contributed by atoms with Crippen molar-refractivity contribution in [2.75, 3.05) is 27.2 Å². The van der Waals surface area contributed by atoms with Crippen LogP contribution in [0, 0.1) is 10.1 Å². The average Bonchev–Trinajstić information content (AvgIpc) is 2.49. The third-order valence-electron chi connectivity index (χ3n) is 4.49. The largest absolute Gasteiger partial charge is 0.490 e. The van der Waals surface area contributed by atoms with Crippen molar-refractivity contribution in [1.82, 2.24) is 4.90 Å². The molecule has 2 aliphatic rings. The third kappa shape index (κ3) is 2.41. The van der Waals surface area contributed by atoms with E-state index in [2.05, 4.69) is 4.90 Å². The van der Waals surface area contributed by atoms with Crippen LogP contribution in [0.5, 0.6) is 11.5 Å². The molecule has 3 rings (SSSR count). The zero-order chi connectivity index (χ0) is 15.9. The van der Waals surface area contributed by atoms with Gasteiger partial charge in [-0.2, -0.15) is 0 Å². The minimum Gasteiger partial charge on any atom is -0.490 e. The van der Waals surface area contributed by atoms with Crippen molar-refractivity contribution in [2.45, 2.75) is 24.9 Å². The molecule has 1 aromatic carbocycles. The van der Waals surface area contributed by atoms with E-state index >= 15 is 0 Å². The Morgan fingerprint density at radius 3 is 2.64 bits per heavy atom. The highest BCUT2D eigenvalue weighted by atomic mass is 16.6. The van der Waals surface area contributed by atoms with E-state index in [0.29, 0.717) is 5.75 Å².